The molecule has 0 unspecified atom stereocenters. The van der Waals surface area contributed by atoms with Gasteiger partial charge in [-0.25, -0.2) is 0 Å². The fraction of sp³-hybridized carbons (Fsp3) is 0.778. The minimum Gasteiger partial charge on any atom is -0.455 e. The smallest absolute Gasteiger partial charge is 0.275 e. The summed E-state index contributed by atoms with van der Waals surface area (Å²) in [6, 6.07) is 0. The fourth-order valence-corrected chi connectivity index (χ4v) is 0.887. The molecule has 0 N–H and O–H groups in total. The average Bonchev–Trinajstić information content (AvgIpc) is 2.03. The van der Waals surface area contributed by atoms with Crippen LogP contribution in [0.1, 0.15) is 34.6 Å². The van der Waals surface area contributed by atoms with Crippen molar-refractivity contribution in [3.05, 3.63) is 12.0 Å². The zero-order valence-corrected chi connectivity index (χ0v) is 7.89. The second-order valence-electron chi connectivity index (χ2n) is 3.83. The molecule has 0 atom stereocenters. The van der Waals surface area contributed by atoms with Gasteiger partial charge in [0.2, 0.25) is 0 Å². The van der Waals surface area contributed by atoms with E-state index in [4.69, 9.17) is 9.47 Å². The van der Waals surface area contributed by atoms with Crippen LogP contribution in [0.15, 0.2) is 12.0 Å². The van der Waals surface area contributed by atoms with Crippen molar-refractivity contribution in [1.82, 2.24) is 0 Å². The van der Waals surface area contributed by atoms with Crippen molar-refractivity contribution in [3.8, 4) is 0 Å². The lowest BCUT2D eigenvalue weighted by Crippen LogP contribution is -2.41. The highest BCUT2D eigenvalue weighted by atomic mass is 16.7. The first kappa shape index (κ1) is 8.44. The first-order valence-electron chi connectivity index (χ1n) is 3.93. The Balaban J connectivity index is 2.89. The van der Waals surface area contributed by atoms with Gasteiger partial charge in [0, 0.05) is 0 Å². The molecule has 1 saturated heterocycles. The lowest BCUT2D eigenvalue weighted by molar-refractivity contribution is 0.00578. The molecule has 2 heteroatoms. The molecule has 0 aromatic heterocycles. The molecule has 0 bridgehead atoms. The molecule has 0 aromatic rings. The summed E-state index contributed by atoms with van der Waals surface area (Å²) < 4.78 is 11.1. The topological polar surface area (TPSA) is 18.5 Å². The Hall–Kier alpha value is -0.660. The van der Waals surface area contributed by atoms with Gasteiger partial charge in [-0.1, -0.05) is 0 Å². The molecule has 0 aliphatic carbocycles. The summed E-state index contributed by atoms with van der Waals surface area (Å²) >= 11 is 0. The summed E-state index contributed by atoms with van der Waals surface area (Å²) in [7, 11) is 0. The maximum atomic E-state index is 5.55. The van der Waals surface area contributed by atoms with Crippen molar-refractivity contribution < 1.29 is 9.47 Å². The molecule has 0 amide bonds. The van der Waals surface area contributed by atoms with Crippen LogP contribution in [0.2, 0.25) is 0 Å². The zero-order valence-electron chi connectivity index (χ0n) is 7.89. The highest BCUT2D eigenvalue weighted by Crippen LogP contribution is 2.39. The minimum atomic E-state index is -0.227. The van der Waals surface area contributed by atoms with Crippen LogP contribution in [0.5, 0.6) is 0 Å². The molecule has 1 aliphatic rings. The van der Waals surface area contributed by atoms with Gasteiger partial charge in [0.05, 0.1) is 0 Å². The van der Waals surface area contributed by atoms with Gasteiger partial charge in [-0.05, 0) is 40.7 Å². The first-order valence-corrected chi connectivity index (χ1v) is 3.93. The summed E-state index contributed by atoms with van der Waals surface area (Å²) in [6.45, 7) is 10.0. The van der Waals surface area contributed by atoms with E-state index >= 15 is 0 Å². The van der Waals surface area contributed by atoms with Crippen LogP contribution in [0, 0.1) is 0 Å². The highest BCUT2D eigenvalue weighted by Gasteiger charge is 2.48. The SMILES string of the molecule is CC=C1OC(C)(C)C(C)(C)O1. The predicted octanol–water partition coefficient (Wildman–Crippen LogP) is 2.45. The fourth-order valence-electron chi connectivity index (χ4n) is 0.887. The zero-order chi connectivity index (χ0) is 8.70. The van der Waals surface area contributed by atoms with E-state index in [2.05, 4.69) is 0 Å². The van der Waals surface area contributed by atoms with Crippen molar-refractivity contribution >= 4 is 0 Å². The molecule has 0 aromatic carbocycles. The second-order valence-corrected chi connectivity index (χ2v) is 3.83. The number of hydrogen-bond donors (Lipinski definition) is 0. The van der Waals surface area contributed by atoms with Crippen molar-refractivity contribution in [1.29, 1.82) is 0 Å². The molecule has 2 nitrogen and oxygen atoms in total. The van der Waals surface area contributed by atoms with E-state index < -0.39 is 0 Å². The summed E-state index contributed by atoms with van der Waals surface area (Å²) in [5.74, 6) is 0.639. The first-order chi connectivity index (χ1) is 4.89. The lowest BCUT2D eigenvalue weighted by Gasteiger charge is -2.28. The number of hydrogen-bond acceptors (Lipinski definition) is 2. The number of allylic oxidation sites excluding steroid dienone is 1. The van der Waals surface area contributed by atoms with Gasteiger partial charge < -0.3 is 9.47 Å². The number of rotatable bonds is 0. The summed E-state index contributed by atoms with van der Waals surface area (Å²) in [4.78, 5) is 0. The molecule has 1 rings (SSSR count). The molecule has 0 saturated carbocycles. The van der Waals surface area contributed by atoms with E-state index in [1.807, 2.05) is 40.7 Å². The standard InChI is InChI=1S/C9H16O2/c1-6-7-10-8(2,3)9(4,5)11-7/h6H,1-5H3. The summed E-state index contributed by atoms with van der Waals surface area (Å²) in [6.07, 6.45) is 1.84. The second kappa shape index (κ2) is 2.16. The van der Waals surface area contributed by atoms with Crippen LogP contribution in [0.3, 0.4) is 0 Å². The van der Waals surface area contributed by atoms with Crippen molar-refractivity contribution in [3.63, 3.8) is 0 Å². The molecular weight excluding hydrogens is 140 g/mol. The Bertz CT molecular complexity index is 172. The van der Waals surface area contributed by atoms with Gasteiger partial charge in [0.1, 0.15) is 11.2 Å². The largest absolute Gasteiger partial charge is 0.455 e. The van der Waals surface area contributed by atoms with Crippen molar-refractivity contribution in [2.75, 3.05) is 0 Å². The minimum absolute atomic E-state index is 0.227. The summed E-state index contributed by atoms with van der Waals surface area (Å²) in [5, 5.41) is 0. The van der Waals surface area contributed by atoms with Crippen LogP contribution in [-0.2, 0) is 9.47 Å². The molecule has 64 valence electrons. The van der Waals surface area contributed by atoms with Gasteiger partial charge in [-0.2, -0.15) is 0 Å². The lowest BCUT2D eigenvalue weighted by atomic mass is 9.90. The van der Waals surface area contributed by atoms with Gasteiger partial charge in [-0.3, -0.25) is 0 Å². The Morgan fingerprint density at radius 1 is 1.00 bits per heavy atom. The Labute approximate surface area is 68.2 Å². The third kappa shape index (κ3) is 1.22. The Kier molecular flexibility index (Phi) is 1.66. The summed E-state index contributed by atoms with van der Waals surface area (Å²) in [5.41, 5.74) is -0.455. The van der Waals surface area contributed by atoms with Crippen molar-refractivity contribution in [2.24, 2.45) is 0 Å². The van der Waals surface area contributed by atoms with Gasteiger partial charge in [0.15, 0.2) is 0 Å². The van der Waals surface area contributed by atoms with Gasteiger partial charge >= 0.3 is 0 Å². The maximum absolute atomic E-state index is 5.55. The Morgan fingerprint density at radius 3 is 1.55 bits per heavy atom. The van der Waals surface area contributed by atoms with E-state index in [1.54, 1.807) is 0 Å². The molecule has 0 radical (unpaired) electrons. The van der Waals surface area contributed by atoms with Gasteiger partial charge in [-0.15, -0.1) is 0 Å². The monoisotopic (exact) mass is 156 g/mol. The number of ether oxygens (including phenoxy) is 2. The molecule has 11 heavy (non-hydrogen) atoms. The van der Waals surface area contributed by atoms with E-state index in [0.717, 1.165) is 0 Å². The van der Waals surface area contributed by atoms with Crippen LogP contribution in [-0.4, -0.2) is 11.2 Å². The van der Waals surface area contributed by atoms with E-state index in [0.29, 0.717) is 5.95 Å². The Morgan fingerprint density at radius 2 is 1.36 bits per heavy atom. The molecule has 0 spiro atoms. The van der Waals surface area contributed by atoms with E-state index in [-0.39, 0.29) is 11.2 Å². The molecule has 1 fully saturated rings. The van der Waals surface area contributed by atoms with Gasteiger partial charge in [0.25, 0.3) is 5.95 Å². The van der Waals surface area contributed by atoms with Crippen LogP contribution in [0.4, 0.5) is 0 Å². The molecular formula is C9H16O2. The quantitative estimate of drug-likeness (QED) is 0.536. The predicted molar refractivity (Wildman–Crippen MR) is 44.1 cm³/mol. The average molecular weight is 156 g/mol. The molecule has 1 aliphatic heterocycles. The van der Waals surface area contributed by atoms with Crippen LogP contribution >= 0.6 is 0 Å². The van der Waals surface area contributed by atoms with E-state index in [1.165, 1.54) is 0 Å². The highest BCUT2D eigenvalue weighted by molar-refractivity contribution is 5.02. The van der Waals surface area contributed by atoms with Crippen LogP contribution < -0.4 is 0 Å². The van der Waals surface area contributed by atoms with Crippen LogP contribution in [0.25, 0.3) is 0 Å². The van der Waals surface area contributed by atoms with Crippen molar-refractivity contribution in [2.45, 2.75) is 45.8 Å². The third-order valence-electron chi connectivity index (χ3n) is 2.40. The maximum Gasteiger partial charge on any atom is 0.275 e. The third-order valence-corrected chi connectivity index (χ3v) is 2.40. The molecule has 1 heterocycles. The van der Waals surface area contributed by atoms with E-state index in [9.17, 15) is 0 Å². The normalized spacial score (nSPS) is 25.7.